The first-order chi connectivity index (χ1) is 13.3. The maximum absolute atomic E-state index is 5.61. The molecular weight excluding hydrogens is 368 g/mol. The van der Waals surface area contributed by atoms with Crippen molar-refractivity contribution in [3.8, 4) is 33.0 Å². The van der Waals surface area contributed by atoms with Crippen LogP contribution in [0.3, 0.4) is 0 Å². The van der Waals surface area contributed by atoms with Crippen LogP contribution in [0.5, 0.6) is 0 Å². The standard InChI is InChI=1S/C23H16N2S2/c26-21-14-18-17(15-7-3-1-4-8-15)13-20(16-9-5-2-6-10-16)25-22(18)23-19(24-21)11-12-27-23/h1-13H,14H2,(H,24,26). The van der Waals surface area contributed by atoms with E-state index in [1.807, 2.05) is 12.1 Å². The normalized spacial score (nSPS) is 12.7. The zero-order chi connectivity index (χ0) is 18.2. The highest BCUT2D eigenvalue weighted by Crippen LogP contribution is 2.42. The van der Waals surface area contributed by atoms with Gasteiger partial charge >= 0.3 is 0 Å². The molecule has 1 N–H and O–H groups in total. The van der Waals surface area contributed by atoms with Crippen LogP contribution in [0.4, 0.5) is 5.69 Å². The Bertz CT molecular complexity index is 1130. The van der Waals surface area contributed by atoms with Gasteiger partial charge in [0.1, 0.15) is 0 Å². The molecule has 0 saturated heterocycles. The molecule has 3 heterocycles. The molecule has 0 saturated carbocycles. The Hall–Kier alpha value is -2.82. The van der Waals surface area contributed by atoms with Crippen molar-refractivity contribution in [2.24, 2.45) is 0 Å². The van der Waals surface area contributed by atoms with Crippen molar-refractivity contribution in [3.05, 3.63) is 83.7 Å². The van der Waals surface area contributed by atoms with Crippen LogP contribution in [0, 0.1) is 0 Å². The van der Waals surface area contributed by atoms with E-state index in [1.165, 1.54) is 16.7 Å². The molecule has 0 aliphatic carbocycles. The highest BCUT2D eigenvalue weighted by Gasteiger charge is 2.23. The predicted molar refractivity (Wildman–Crippen MR) is 118 cm³/mol. The van der Waals surface area contributed by atoms with Crippen molar-refractivity contribution in [2.75, 3.05) is 5.32 Å². The molecule has 0 atom stereocenters. The highest BCUT2D eigenvalue weighted by molar-refractivity contribution is 7.80. The minimum Gasteiger partial charge on any atom is -0.349 e. The van der Waals surface area contributed by atoms with Crippen LogP contribution in [0.1, 0.15) is 5.56 Å². The summed E-state index contributed by atoms with van der Waals surface area (Å²) in [6.07, 6.45) is 0.693. The van der Waals surface area contributed by atoms with E-state index in [4.69, 9.17) is 17.2 Å². The molecule has 0 bridgehead atoms. The number of nitrogens with one attached hydrogen (secondary N) is 1. The lowest BCUT2D eigenvalue weighted by molar-refractivity contribution is 1.25. The van der Waals surface area contributed by atoms with Crippen molar-refractivity contribution < 1.29 is 0 Å². The summed E-state index contributed by atoms with van der Waals surface area (Å²) in [5.41, 5.74) is 7.78. The zero-order valence-corrected chi connectivity index (χ0v) is 16.1. The van der Waals surface area contributed by atoms with Gasteiger partial charge in [-0.2, -0.15) is 0 Å². The van der Waals surface area contributed by atoms with Crippen molar-refractivity contribution >= 4 is 34.2 Å². The van der Waals surface area contributed by atoms with Crippen LogP contribution >= 0.6 is 23.6 Å². The number of anilines is 1. The molecule has 5 rings (SSSR count). The topological polar surface area (TPSA) is 24.9 Å². The molecule has 1 aliphatic rings. The molecule has 2 aromatic heterocycles. The molecular formula is C23H16N2S2. The molecule has 2 aromatic carbocycles. The molecule has 2 nitrogen and oxygen atoms in total. The molecule has 0 spiro atoms. The Balaban J connectivity index is 1.84. The smallest absolute Gasteiger partial charge is 0.0872 e. The average Bonchev–Trinajstić information content (AvgIpc) is 3.12. The largest absolute Gasteiger partial charge is 0.349 e. The molecule has 0 fully saturated rings. The Morgan fingerprint density at radius 3 is 2.33 bits per heavy atom. The maximum atomic E-state index is 5.61. The lowest BCUT2D eigenvalue weighted by Crippen LogP contribution is -2.10. The predicted octanol–water partition coefficient (Wildman–Crippen LogP) is 6.44. The van der Waals surface area contributed by atoms with E-state index in [0.717, 1.165) is 32.5 Å². The van der Waals surface area contributed by atoms with Crippen LogP contribution in [0.25, 0.3) is 33.0 Å². The number of pyridine rings is 1. The summed E-state index contributed by atoms with van der Waals surface area (Å²) in [5, 5.41) is 5.48. The zero-order valence-electron chi connectivity index (χ0n) is 14.5. The molecule has 0 unspecified atom stereocenters. The van der Waals surface area contributed by atoms with Crippen molar-refractivity contribution in [2.45, 2.75) is 6.42 Å². The second kappa shape index (κ2) is 6.72. The number of thiophene rings is 1. The van der Waals surface area contributed by atoms with Gasteiger partial charge in [-0.3, -0.25) is 0 Å². The van der Waals surface area contributed by atoms with Gasteiger partial charge in [-0.15, -0.1) is 11.3 Å². The minimum absolute atomic E-state index is 0.693. The lowest BCUT2D eigenvalue weighted by Gasteiger charge is -2.15. The van der Waals surface area contributed by atoms with E-state index < -0.39 is 0 Å². The Morgan fingerprint density at radius 1 is 0.889 bits per heavy atom. The van der Waals surface area contributed by atoms with Gasteiger partial charge in [0, 0.05) is 12.0 Å². The fraction of sp³-hybridized carbons (Fsp3) is 0.0435. The SMILES string of the molecule is S=C1Cc2c(-c3ccccc3)cc(-c3ccccc3)nc2-c2sccc2N1. The van der Waals surface area contributed by atoms with Crippen LogP contribution in [0.2, 0.25) is 0 Å². The third kappa shape index (κ3) is 2.97. The number of aromatic nitrogens is 1. The highest BCUT2D eigenvalue weighted by atomic mass is 32.1. The second-order valence-corrected chi connectivity index (χ2v) is 7.91. The van der Waals surface area contributed by atoms with Crippen LogP contribution < -0.4 is 5.32 Å². The first-order valence-corrected chi connectivity index (χ1v) is 10.1. The fourth-order valence-corrected chi connectivity index (χ4v) is 4.64. The summed E-state index contributed by atoms with van der Waals surface area (Å²) >= 11 is 7.32. The third-order valence-electron chi connectivity index (χ3n) is 4.77. The van der Waals surface area contributed by atoms with E-state index in [9.17, 15) is 0 Å². The summed E-state index contributed by atoms with van der Waals surface area (Å²) < 4.78 is 0. The van der Waals surface area contributed by atoms with Crippen LogP contribution in [0.15, 0.2) is 78.2 Å². The first kappa shape index (κ1) is 16.4. The minimum atomic E-state index is 0.693. The number of fused-ring (bicyclic) bond motifs is 3. The molecule has 27 heavy (non-hydrogen) atoms. The number of hydrogen-bond donors (Lipinski definition) is 1. The van der Waals surface area contributed by atoms with Gasteiger partial charge in [-0.1, -0.05) is 72.9 Å². The number of hydrogen-bond acceptors (Lipinski definition) is 3. The summed E-state index contributed by atoms with van der Waals surface area (Å²) in [5.74, 6) is 0. The van der Waals surface area contributed by atoms with E-state index in [2.05, 4.69) is 71.4 Å². The van der Waals surface area contributed by atoms with Gasteiger partial charge in [0.15, 0.2) is 0 Å². The first-order valence-electron chi connectivity index (χ1n) is 8.82. The Labute approximate surface area is 167 Å². The van der Waals surface area contributed by atoms with Crippen LogP contribution in [-0.4, -0.2) is 9.97 Å². The average molecular weight is 385 g/mol. The second-order valence-electron chi connectivity index (χ2n) is 6.50. The summed E-state index contributed by atoms with van der Waals surface area (Å²) in [7, 11) is 0. The van der Waals surface area contributed by atoms with Crippen LogP contribution in [-0.2, 0) is 6.42 Å². The number of nitrogens with zero attached hydrogens (tertiary/aromatic N) is 1. The Morgan fingerprint density at radius 2 is 1.59 bits per heavy atom. The quantitative estimate of drug-likeness (QED) is 0.403. The van der Waals surface area contributed by atoms with E-state index >= 15 is 0 Å². The monoisotopic (exact) mass is 384 g/mol. The molecule has 4 aromatic rings. The van der Waals surface area contributed by atoms with Gasteiger partial charge in [0.05, 0.1) is 26.9 Å². The van der Waals surface area contributed by atoms with E-state index in [-0.39, 0.29) is 0 Å². The fourth-order valence-electron chi connectivity index (χ4n) is 3.52. The Kier molecular flexibility index (Phi) is 4.07. The van der Waals surface area contributed by atoms with Gasteiger partial charge in [-0.05, 0) is 34.2 Å². The summed E-state index contributed by atoms with van der Waals surface area (Å²) in [4.78, 5) is 7.07. The summed E-state index contributed by atoms with van der Waals surface area (Å²) in [6.45, 7) is 0. The molecule has 0 amide bonds. The third-order valence-corrected chi connectivity index (χ3v) is 5.94. The summed E-state index contributed by atoms with van der Waals surface area (Å²) in [6, 6.07) is 25.2. The van der Waals surface area contributed by atoms with E-state index in [0.29, 0.717) is 6.42 Å². The van der Waals surface area contributed by atoms with Gasteiger partial charge < -0.3 is 5.32 Å². The van der Waals surface area contributed by atoms with Gasteiger partial charge in [0.2, 0.25) is 0 Å². The van der Waals surface area contributed by atoms with Gasteiger partial charge in [-0.25, -0.2) is 4.98 Å². The molecule has 130 valence electrons. The van der Waals surface area contributed by atoms with Crippen molar-refractivity contribution in [1.82, 2.24) is 4.98 Å². The number of thiocarbonyl (C=S) groups is 1. The number of rotatable bonds is 2. The molecule has 4 heteroatoms. The van der Waals surface area contributed by atoms with Crippen molar-refractivity contribution in [1.29, 1.82) is 0 Å². The maximum Gasteiger partial charge on any atom is 0.0872 e. The lowest BCUT2D eigenvalue weighted by atomic mass is 9.94. The van der Waals surface area contributed by atoms with Crippen molar-refractivity contribution in [3.63, 3.8) is 0 Å². The van der Waals surface area contributed by atoms with E-state index in [1.54, 1.807) is 11.3 Å². The van der Waals surface area contributed by atoms with Gasteiger partial charge in [0.25, 0.3) is 0 Å². The number of benzene rings is 2. The molecule has 0 radical (unpaired) electrons. The molecule has 1 aliphatic heterocycles.